The molecule has 26 heavy (non-hydrogen) atoms. The quantitative estimate of drug-likeness (QED) is 0.654. The smallest absolute Gasteiger partial charge is 0.240 e. The van der Waals surface area contributed by atoms with Crippen LogP contribution in [0.4, 0.5) is 11.4 Å². The molecule has 0 unspecified atom stereocenters. The lowest BCUT2D eigenvalue weighted by Crippen LogP contribution is -2.28. The predicted octanol–water partition coefficient (Wildman–Crippen LogP) is 3.94. The first-order valence-corrected chi connectivity index (χ1v) is 9.25. The number of amides is 2. The highest BCUT2D eigenvalue weighted by Crippen LogP contribution is 2.25. The number of carbonyl (C=O) groups is 2. The van der Waals surface area contributed by atoms with Gasteiger partial charge in [0.2, 0.25) is 11.8 Å². The lowest BCUT2D eigenvalue weighted by molar-refractivity contribution is -0.122. The zero-order chi connectivity index (χ0) is 18.5. The summed E-state index contributed by atoms with van der Waals surface area (Å²) < 4.78 is 0. The van der Waals surface area contributed by atoms with Crippen LogP contribution in [0.5, 0.6) is 0 Å². The van der Waals surface area contributed by atoms with Gasteiger partial charge in [0.25, 0.3) is 0 Å². The van der Waals surface area contributed by atoms with Gasteiger partial charge in [-0.05, 0) is 30.3 Å². The average Bonchev–Trinajstić information content (AvgIpc) is 2.92. The molecule has 0 aromatic heterocycles. The molecule has 9 heteroatoms. The number of para-hydroxylation sites is 1. The molecule has 0 aliphatic carbocycles. The Morgan fingerprint density at radius 2 is 1.81 bits per heavy atom. The number of hydrogen-bond acceptors (Lipinski definition) is 5. The third-order valence-corrected chi connectivity index (χ3v) is 4.87. The highest BCUT2D eigenvalue weighted by atomic mass is 35.5. The molecular formula is C17H14Cl2N4O2S. The van der Waals surface area contributed by atoms with E-state index in [0.717, 1.165) is 5.69 Å². The number of hydrazone groups is 1. The molecule has 1 aliphatic rings. The van der Waals surface area contributed by atoms with Crippen LogP contribution in [-0.4, -0.2) is 22.2 Å². The maximum atomic E-state index is 12.2. The van der Waals surface area contributed by atoms with Crippen LogP contribution in [0.15, 0.2) is 53.6 Å². The van der Waals surface area contributed by atoms with Crippen LogP contribution in [-0.2, 0) is 9.59 Å². The van der Waals surface area contributed by atoms with Crippen molar-refractivity contribution in [1.29, 1.82) is 0 Å². The minimum atomic E-state index is -0.555. The van der Waals surface area contributed by atoms with E-state index in [1.165, 1.54) is 11.8 Å². The summed E-state index contributed by atoms with van der Waals surface area (Å²) in [5, 5.41) is 10.2. The summed E-state index contributed by atoms with van der Waals surface area (Å²) in [6.07, 6.45) is 0.00495. The van der Waals surface area contributed by atoms with Crippen LogP contribution in [0.25, 0.3) is 0 Å². The molecule has 3 N–H and O–H groups in total. The monoisotopic (exact) mass is 408 g/mol. The van der Waals surface area contributed by atoms with E-state index in [4.69, 9.17) is 23.2 Å². The van der Waals surface area contributed by atoms with Crippen molar-refractivity contribution in [3.8, 4) is 0 Å². The number of benzene rings is 2. The highest BCUT2D eigenvalue weighted by Gasteiger charge is 2.32. The Morgan fingerprint density at radius 3 is 2.50 bits per heavy atom. The standard InChI is InChI=1S/C17H14Cl2N4O2S/c18-10-6-11(19)8-13(7-10)20-15(24)9-14-16(25)21-17(26-14)23-22-12-4-2-1-3-5-12/h1-8,14,22H,9H2,(H,20,24)(H,21,23,25)/t14-/m0/s1. The largest absolute Gasteiger partial charge is 0.326 e. The zero-order valence-electron chi connectivity index (χ0n) is 13.3. The summed E-state index contributed by atoms with van der Waals surface area (Å²) in [7, 11) is 0. The van der Waals surface area contributed by atoms with E-state index in [9.17, 15) is 9.59 Å². The van der Waals surface area contributed by atoms with Crippen molar-refractivity contribution in [2.45, 2.75) is 11.7 Å². The molecular weight excluding hydrogens is 395 g/mol. The lowest BCUT2D eigenvalue weighted by atomic mass is 10.2. The van der Waals surface area contributed by atoms with E-state index in [2.05, 4.69) is 21.2 Å². The van der Waals surface area contributed by atoms with Gasteiger partial charge < -0.3 is 10.6 Å². The zero-order valence-corrected chi connectivity index (χ0v) is 15.7. The van der Waals surface area contributed by atoms with E-state index >= 15 is 0 Å². The van der Waals surface area contributed by atoms with Crippen LogP contribution in [0.1, 0.15) is 6.42 Å². The van der Waals surface area contributed by atoms with Crippen LogP contribution in [0.2, 0.25) is 10.0 Å². The van der Waals surface area contributed by atoms with Gasteiger partial charge in [0.15, 0.2) is 5.17 Å². The summed E-state index contributed by atoms with van der Waals surface area (Å²) in [5.41, 5.74) is 4.14. The minimum Gasteiger partial charge on any atom is -0.326 e. The summed E-state index contributed by atoms with van der Waals surface area (Å²) in [6.45, 7) is 0. The predicted molar refractivity (Wildman–Crippen MR) is 107 cm³/mol. The van der Waals surface area contributed by atoms with Gasteiger partial charge in [0.1, 0.15) is 5.25 Å². The molecule has 0 radical (unpaired) electrons. The van der Waals surface area contributed by atoms with Crippen molar-refractivity contribution in [2.24, 2.45) is 5.10 Å². The first kappa shape index (κ1) is 18.6. The Balaban J connectivity index is 1.56. The summed E-state index contributed by atoms with van der Waals surface area (Å²) >= 11 is 13.0. The lowest BCUT2D eigenvalue weighted by Gasteiger charge is -2.08. The van der Waals surface area contributed by atoms with E-state index in [-0.39, 0.29) is 18.2 Å². The molecule has 0 bridgehead atoms. The van der Waals surface area contributed by atoms with Crippen molar-refractivity contribution in [3.05, 3.63) is 58.6 Å². The molecule has 1 aliphatic heterocycles. The Kier molecular flexibility index (Phi) is 6.03. The minimum absolute atomic E-state index is 0.00495. The molecule has 6 nitrogen and oxygen atoms in total. The maximum absolute atomic E-state index is 12.2. The SMILES string of the molecule is O=C(C[C@@H]1S/C(=N/Nc2ccccc2)NC1=O)Nc1cc(Cl)cc(Cl)c1. The van der Waals surface area contributed by atoms with Gasteiger partial charge in [-0.25, -0.2) is 0 Å². The van der Waals surface area contributed by atoms with E-state index in [1.54, 1.807) is 18.2 Å². The van der Waals surface area contributed by atoms with Crippen molar-refractivity contribution in [3.63, 3.8) is 0 Å². The molecule has 1 fully saturated rings. The van der Waals surface area contributed by atoms with Crippen LogP contribution < -0.4 is 16.1 Å². The van der Waals surface area contributed by atoms with E-state index in [0.29, 0.717) is 20.9 Å². The maximum Gasteiger partial charge on any atom is 0.240 e. The number of rotatable bonds is 5. The van der Waals surface area contributed by atoms with Crippen molar-refractivity contribution in [2.75, 3.05) is 10.7 Å². The van der Waals surface area contributed by atoms with E-state index < -0.39 is 5.25 Å². The number of thioether (sulfide) groups is 1. The highest BCUT2D eigenvalue weighted by molar-refractivity contribution is 8.15. The van der Waals surface area contributed by atoms with Gasteiger partial charge in [0.05, 0.1) is 5.69 Å². The molecule has 3 rings (SSSR count). The molecule has 1 saturated heterocycles. The van der Waals surface area contributed by atoms with E-state index in [1.807, 2.05) is 30.3 Å². The fourth-order valence-corrected chi connectivity index (χ4v) is 3.68. The van der Waals surface area contributed by atoms with Crippen molar-refractivity contribution < 1.29 is 9.59 Å². The van der Waals surface area contributed by atoms with Gasteiger partial charge in [-0.2, -0.15) is 0 Å². The number of halogens is 2. The third-order valence-electron chi connectivity index (χ3n) is 3.35. The number of anilines is 2. The average molecular weight is 409 g/mol. The first-order chi connectivity index (χ1) is 12.5. The Morgan fingerprint density at radius 1 is 1.12 bits per heavy atom. The fourth-order valence-electron chi connectivity index (χ4n) is 2.23. The second kappa shape index (κ2) is 8.44. The Labute approximate surface area is 164 Å². The van der Waals surface area contributed by atoms with Gasteiger partial charge in [-0.15, -0.1) is 5.10 Å². The molecule has 134 valence electrons. The number of amidine groups is 1. The Hall–Kier alpha value is -2.22. The second-order valence-corrected chi connectivity index (χ2v) is 7.47. The molecule has 0 spiro atoms. The number of carbonyl (C=O) groups excluding carboxylic acids is 2. The van der Waals surface area contributed by atoms with Gasteiger partial charge >= 0.3 is 0 Å². The van der Waals surface area contributed by atoms with Crippen molar-refractivity contribution in [1.82, 2.24) is 5.32 Å². The molecule has 0 saturated carbocycles. The number of nitrogens with one attached hydrogen (secondary N) is 3. The second-order valence-electron chi connectivity index (χ2n) is 5.40. The van der Waals surface area contributed by atoms with Crippen LogP contribution >= 0.6 is 35.0 Å². The number of hydrogen-bond donors (Lipinski definition) is 3. The van der Waals surface area contributed by atoms with Gasteiger partial charge in [-0.1, -0.05) is 53.2 Å². The first-order valence-electron chi connectivity index (χ1n) is 7.62. The van der Waals surface area contributed by atoms with Crippen LogP contribution in [0, 0.1) is 0 Å². The summed E-state index contributed by atoms with van der Waals surface area (Å²) in [6, 6.07) is 14.1. The third kappa shape index (κ3) is 5.14. The Bertz CT molecular complexity index is 841. The van der Waals surface area contributed by atoms with Gasteiger partial charge in [-0.3, -0.25) is 15.0 Å². The normalized spacial score (nSPS) is 17.8. The van der Waals surface area contributed by atoms with Gasteiger partial charge in [0, 0.05) is 22.2 Å². The summed E-state index contributed by atoms with van der Waals surface area (Å²) in [5.74, 6) is -0.573. The topological polar surface area (TPSA) is 82.6 Å². The molecule has 1 atom stereocenters. The molecule has 2 amide bonds. The number of nitrogens with zero attached hydrogens (tertiary/aromatic N) is 1. The summed E-state index contributed by atoms with van der Waals surface area (Å²) in [4.78, 5) is 24.2. The molecule has 1 heterocycles. The van der Waals surface area contributed by atoms with Crippen molar-refractivity contribution >= 4 is 63.3 Å². The molecule has 2 aromatic rings. The molecule has 2 aromatic carbocycles. The fraction of sp³-hybridized carbons (Fsp3) is 0.118. The van der Waals surface area contributed by atoms with Crippen LogP contribution in [0.3, 0.4) is 0 Å².